The average molecular weight is 218 g/mol. The molecule has 0 spiro atoms. The molecule has 0 saturated carbocycles. The number of hydrogen-bond donors (Lipinski definition) is 0. The van der Waals surface area contributed by atoms with Crippen LogP contribution >= 0.6 is 0 Å². The van der Waals surface area contributed by atoms with Gasteiger partial charge in [-0.05, 0) is 6.08 Å². The van der Waals surface area contributed by atoms with Gasteiger partial charge < -0.3 is 9.47 Å². The normalized spacial score (nSPS) is 19.0. The van der Waals surface area contributed by atoms with E-state index >= 15 is 0 Å². The molecular weight excluding hydrogens is 204 g/mol. The summed E-state index contributed by atoms with van der Waals surface area (Å²) in [6.07, 6.45) is 4.55. The first-order valence-electron chi connectivity index (χ1n) is 5.31. The highest BCUT2D eigenvalue weighted by Gasteiger charge is 2.37. The Balaban J connectivity index is 2.22. The molecule has 16 heavy (non-hydrogen) atoms. The summed E-state index contributed by atoms with van der Waals surface area (Å²) in [5, 5.41) is 0. The first kappa shape index (κ1) is 11.0. The summed E-state index contributed by atoms with van der Waals surface area (Å²) in [6, 6.07) is 9.80. The summed E-state index contributed by atoms with van der Waals surface area (Å²) >= 11 is 0. The first-order valence-corrected chi connectivity index (χ1v) is 5.31. The molecule has 1 aliphatic heterocycles. The van der Waals surface area contributed by atoms with E-state index < -0.39 is 5.79 Å². The molecule has 0 N–H and O–H groups in total. The van der Waals surface area contributed by atoms with Crippen LogP contribution in [0.15, 0.2) is 42.5 Å². The third-order valence-corrected chi connectivity index (χ3v) is 2.57. The van der Waals surface area contributed by atoms with Crippen LogP contribution in [-0.4, -0.2) is 19.5 Å². The Morgan fingerprint density at radius 1 is 1.19 bits per heavy atom. The summed E-state index contributed by atoms with van der Waals surface area (Å²) < 4.78 is 11.4. The number of carbonyl (C=O) groups is 1. The Morgan fingerprint density at radius 2 is 1.88 bits per heavy atom. The number of rotatable bonds is 4. The van der Waals surface area contributed by atoms with E-state index in [1.807, 2.05) is 30.3 Å². The van der Waals surface area contributed by atoms with Gasteiger partial charge in [0.15, 0.2) is 5.79 Å². The molecule has 1 aromatic carbocycles. The molecule has 3 nitrogen and oxygen atoms in total. The lowest BCUT2D eigenvalue weighted by molar-refractivity contribution is -0.162. The number of benzene rings is 1. The Hall–Kier alpha value is -1.45. The van der Waals surface area contributed by atoms with Crippen LogP contribution in [0.2, 0.25) is 0 Å². The van der Waals surface area contributed by atoms with Crippen molar-refractivity contribution in [3.8, 4) is 0 Å². The standard InChI is InChI=1S/C13H14O3/c14-9-5-4-8-13(15-10-11-16-13)12-6-2-1-3-7-12/h1-7,9H,8,10-11H2/b5-4-. The van der Waals surface area contributed by atoms with Crippen molar-refractivity contribution in [1.82, 2.24) is 0 Å². The van der Waals surface area contributed by atoms with Crippen molar-refractivity contribution in [3.05, 3.63) is 48.0 Å². The van der Waals surface area contributed by atoms with E-state index in [1.165, 1.54) is 6.08 Å². The second-order valence-electron chi connectivity index (χ2n) is 3.58. The molecule has 3 heteroatoms. The zero-order valence-electron chi connectivity index (χ0n) is 8.96. The second kappa shape index (κ2) is 5.05. The largest absolute Gasteiger partial charge is 0.343 e. The van der Waals surface area contributed by atoms with E-state index in [0.29, 0.717) is 19.6 Å². The van der Waals surface area contributed by atoms with E-state index in [2.05, 4.69) is 0 Å². The zero-order valence-corrected chi connectivity index (χ0v) is 8.96. The lowest BCUT2D eigenvalue weighted by Crippen LogP contribution is -2.26. The first-order chi connectivity index (χ1) is 7.87. The molecule has 0 atom stereocenters. The Kier molecular flexibility index (Phi) is 3.49. The molecule has 1 fully saturated rings. The fourth-order valence-corrected chi connectivity index (χ4v) is 1.83. The van der Waals surface area contributed by atoms with Crippen molar-refractivity contribution in [1.29, 1.82) is 0 Å². The minimum absolute atomic E-state index is 0.551. The van der Waals surface area contributed by atoms with Gasteiger partial charge in [0, 0.05) is 12.0 Å². The van der Waals surface area contributed by atoms with Gasteiger partial charge in [-0.2, -0.15) is 0 Å². The van der Waals surface area contributed by atoms with E-state index in [-0.39, 0.29) is 0 Å². The Labute approximate surface area is 94.7 Å². The predicted molar refractivity (Wildman–Crippen MR) is 59.8 cm³/mol. The van der Waals surface area contributed by atoms with Crippen LogP contribution in [0.4, 0.5) is 0 Å². The maximum absolute atomic E-state index is 10.3. The average Bonchev–Trinajstić information content (AvgIpc) is 2.81. The van der Waals surface area contributed by atoms with Crippen molar-refractivity contribution in [2.45, 2.75) is 12.2 Å². The van der Waals surface area contributed by atoms with Gasteiger partial charge in [-0.15, -0.1) is 0 Å². The number of carbonyl (C=O) groups excluding carboxylic acids is 1. The SMILES string of the molecule is O=C/C=C\CC1(c2ccccc2)OCCO1. The van der Waals surface area contributed by atoms with Crippen LogP contribution in [0.5, 0.6) is 0 Å². The molecule has 2 rings (SSSR count). The maximum Gasteiger partial charge on any atom is 0.198 e. The van der Waals surface area contributed by atoms with Crippen molar-refractivity contribution in [2.24, 2.45) is 0 Å². The quantitative estimate of drug-likeness (QED) is 0.573. The van der Waals surface area contributed by atoms with Crippen molar-refractivity contribution >= 4 is 6.29 Å². The van der Waals surface area contributed by atoms with Gasteiger partial charge in [0.2, 0.25) is 0 Å². The van der Waals surface area contributed by atoms with Crippen LogP contribution < -0.4 is 0 Å². The summed E-state index contributed by atoms with van der Waals surface area (Å²) in [4.78, 5) is 10.3. The van der Waals surface area contributed by atoms with Crippen LogP contribution in [0, 0.1) is 0 Å². The number of hydrogen-bond acceptors (Lipinski definition) is 3. The minimum Gasteiger partial charge on any atom is -0.343 e. The molecule has 0 radical (unpaired) electrons. The van der Waals surface area contributed by atoms with Gasteiger partial charge >= 0.3 is 0 Å². The molecular formula is C13H14O3. The van der Waals surface area contributed by atoms with E-state index in [4.69, 9.17) is 9.47 Å². The minimum atomic E-state index is -0.708. The highest BCUT2D eigenvalue weighted by atomic mass is 16.7. The smallest absolute Gasteiger partial charge is 0.198 e. The molecule has 0 aromatic heterocycles. The van der Waals surface area contributed by atoms with E-state index in [1.54, 1.807) is 6.08 Å². The molecule has 0 bridgehead atoms. The molecule has 0 aliphatic carbocycles. The third-order valence-electron chi connectivity index (χ3n) is 2.57. The van der Waals surface area contributed by atoms with Crippen LogP contribution in [0.3, 0.4) is 0 Å². The molecule has 1 aromatic rings. The van der Waals surface area contributed by atoms with E-state index in [9.17, 15) is 4.79 Å². The van der Waals surface area contributed by atoms with Crippen molar-refractivity contribution < 1.29 is 14.3 Å². The molecule has 1 heterocycles. The second-order valence-corrected chi connectivity index (χ2v) is 3.58. The van der Waals surface area contributed by atoms with Crippen molar-refractivity contribution in [3.63, 3.8) is 0 Å². The van der Waals surface area contributed by atoms with Crippen LogP contribution in [0.1, 0.15) is 12.0 Å². The maximum atomic E-state index is 10.3. The predicted octanol–water partition coefficient (Wildman–Crippen LogP) is 2.03. The number of ether oxygens (including phenoxy) is 2. The molecule has 1 saturated heterocycles. The Bertz CT molecular complexity index is 364. The molecule has 84 valence electrons. The lowest BCUT2D eigenvalue weighted by atomic mass is 10.0. The molecule has 0 amide bonds. The van der Waals surface area contributed by atoms with Gasteiger partial charge in [0.25, 0.3) is 0 Å². The summed E-state index contributed by atoms with van der Waals surface area (Å²) in [6.45, 7) is 1.17. The monoisotopic (exact) mass is 218 g/mol. The highest BCUT2D eigenvalue weighted by Crippen LogP contribution is 2.34. The third kappa shape index (κ3) is 2.21. The molecule has 0 unspecified atom stereocenters. The fourth-order valence-electron chi connectivity index (χ4n) is 1.83. The fraction of sp³-hybridized carbons (Fsp3) is 0.308. The van der Waals surface area contributed by atoms with Crippen molar-refractivity contribution in [2.75, 3.05) is 13.2 Å². The van der Waals surface area contributed by atoms with Gasteiger partial charge in [0.05, 0.1) is 13.2 Å². The number of allylic oxidation sites excluding steroid dienone is 1. The highest BCUT2D eigenvalue weighted by molar-refractivity contribution is 5.64. The summed E-state index contributed by atoms with van der Waals surface area (Å²) in [7, 11) is 0. The Morgan fingerprint density at radius 3 is 2.50 bits per heavy atom. The summed E-state index contributed by atoms with van der Waals surface area (Å²) in [5.74, 6) is -0.708. The van der Waals surface area contributed by atoms with Gasteiger partial charge in [0.1, 0.15) is 6.29 Å². The van der Waals surface area contributed by atoms with Gasteiger partial charge in [-0.1, -0.05) is 36.4 Å². The van der Waals surface area contributed by atoms with Gasteiger partial charge in [-0.3, -0.25) is 4.79 Å². The molecule has 1 aliphatic rings. The zero-order chi connectivity index (χ0) is 11.3. The van der Waals surface area contributed by atoms with Crippen LogP contribution in [-0.2, 0) is 20.1 Å². The van der Waals surface area contributed by atoms with E-state index in [0.717, 1.165) is 11.8 Å². The number of aldehydes is 1. The lowest BCUT2D eigenvalue weighted by Gasteiger charge is -2.26. The van der Waals surface area contributed by atoms with Gasteiger partial charge in [-0.25, -0.2) is 0 Å². The topological polar surface area (TPSA) is 35.5 Å². The van der Waals surface area contributed by atoms with Crippen LogP contribution in [0.25, 0.3) is 0 Å². The summed E-state index contributed by atoms with van der Waals surface area (Å²) in [5.41, 5.74) is 0.989.